The molecule has 1 aromatic carbocycles. The van der Waals surface area contributed by atoms with E-state index in [9.17, 15) is 12.8 Å². The van der Waals surface area contributed by atoms with Crippen LogP contribution in [-0.2, 0) is 9.84 Å². The van der Waals surface area contributed by atoms with Gasteiger partial charge in [0, 0.05) is 23.9 Å². The molecule has 96 valence electrons. The Morgan fingerprint density at radius 3 is 2.65 bits per heavy atom. The average molecular weight is 261 g/mol. The lowest BCUT2D eigenvalue weighted by molar-refractivity contribution is 0.333. The predicted molar refractivity (Wildman–Crippen MR) is 64.2 cm³/mol. The monoisotopic (exact) mass is 261 g/mol. The number of nitrogens with two attached hydrogens (primary N) is 1. The molecule has 0 aliphatic heterocycles. The molecule has 0 aromatic heterocycles. The van der Waals surface area contributed by atoms with Crippen molar-refractivity contribution in [2.24, 2.45) is 5.73 Å². The van der Waals surface area contributed by atoms with Crippen LogP contribution in [0.15, 0.2) is 18.2 Å². The van der Waals surface area contributed by atoms with Gasteiger partial charge < -0.3 is 10.5 Å². The first kappa shape index (κ1) is 13.9. The fraction of sp³-hybridized carbons (Fsp3) is 0.455. The Kier molecular flexibility index (Phi) is 4.47. The highest BCUT2D eigenvalue weighted by atomic mass is 32.2. The molecule has 6 heteroatoms. The average Bonchev–Trinajstić information content (AvgIpc) is 2.15. The van der Waals surface area contributed by atoms with Crippen LogP contribution in [0.1, 0.15) is 18.5 Å². The molecular formula is C11H16FNO3S. The maximum absolute atomic E-state index is 13.0. The smallest absolute Gasteiger partial charge is 0.150 e. The number of hydrogen-bond acceptors (Lipinski definition) is 4. The minimum atomic E-state index is -3.09. The maximum atomic E-state index is 13.0. The largest absolute Gasteiger partial charge is 0.492 e. The molecule has 0 amide bonds. The summed E-state index contributed by atoms with van der Waals surface area (Å²) in [7, 11) is -3.09. The van der Waals surface area contributed by atoms with Crippen LogP contribution < -0.4 is 10.5 Å². The SMILES string of the molecule is C[C@@H](N)c1ccc(F)cc1OCCS(C)(=O)=O. The zero-order valence-corrected chi connectivity index (χ0v) is 10.6. The summed E-state index contributed by atoms with van der Waals surface area (Å²) >= 11 is 0. The van der Waals surface area contributed by atoms with Gasteiger partial charge in [-0.15, -0.1) is 0 Å². The Labute approximate surface area is 101 Å². The number of ether oxygens (including phenoxy) is 1. The zero-order chi connectivity index (χ0) is 13.1. The van der Waals surface area contributed by atoms with Gasteiger partial charge in [-0.1, -0.05) is 6.07 Å². The Balaban J connectivity index is 2.79. The summed E-state index contributed by atoms with van der Waals surface area (Å²) in [5, 5.41) is 0. The molecule has 1 atom stereocenters. The Morgan fingerprint density at radius 2 is 2.12 bits per heavy atom. The summed E-state index contributed by atoms with van der Waals surface area (Å²) in [6.45, 7) is 1.73. The minimum absolute atomic E-state index is 0.0119. The van der Waals surface area contributed by atoms with Crippen molar-refractivity contribution in [3.8, 4) is 5.75 Å². The zero-order valence-electron chi connectivity index (χ0n) is 9.81. The highest BCUT2D eigenvalue weighted by molar-refractivity contribution is 7.90. The number of halogens is 1. The molecule has 1 rings (SSSR count). The molecule has 0 aliphatic rings. The highest BCUT2D eigenvalue weighted by Crippen LogP contribution is 2.24. The first-order chi connectivity index (χ1) is 7.79. The number of rotatable bonds is 5. The lowest BCUT2D eigenvalue weighted by Gasteiger charge is -2.13. The topological polar surface area (TPSA) is 69.4 Å². The summed E-state index contributed by atoms with van der Waals surface area (Å²) < 4.78 is 40.1. The summed E-state index contributed by atoms with van der Waals surface area (Å²) in [5.74, 6) is -0.255. The minimum Gasteiger partial charge on any atom is -0.492 e. The highest BCUT2D eigenvalue weighted by Gasteiger charge is 2.10. The molecule has 4 nitrogen and oxygen atoms in total. The summed E-state index contributed by atoms with van der Waals surface area (Å²) in [6, 6.07) is 3.74. The molecule has 0 unspecified atom stereocenters. The van der Waals surface area contributed by atoms with E-state index in [1.807, 2.05) is 0 Å². The summed E-state index contributed by atoms with van der Waals surface area (Å²) in [4.78, 5) is 0. The van der Waals surface area contributed by atoms with E-state index < -0.39 is 15.7 Å². The van der Waals surface area contributed by atoms with E-state index in [1.165, 1.54) is 18.2 Å². The first-order valence-electron chi connectivity index (χ1n) is 5.15. The van der Waals surface area contributed by atoms with Crippen LogP contribution in [0.4, 0.5) is 4.39 Å². The third-order valence-electron chi connectivity index (χ3n) is 2.18. The maximum Gasteiger partial charge on any atom is 0.150 e. The molecule has 2 N–H and O–H groups in total. The van der Waals surface area contributed by atoms with Gasteiger partial charge in [-0.2, -0.15) is 0 Å². The van der Waals surface area contributed by atoms with Crippen LogP contribution in [0.25, 0.3) is 0 Å². The lowest BCUT2D eigenvalue weighted by Crippen LogP contribution is -2.14. The Bertz CT molecular complexity index is 485. The van der Waals surface area contributed by atoms with Crippen LogP contribution in [0.2, 0.25) is 0 Å². The van der Waals surface area contributed by atoms with Gasteiger partial charge >= 0.3 is 0 Å². The van der Waals surface area contributed by atoms with Crippen molar-refractivity contribution in [1.82, 2.24) is 0 Å². The molecule has 0 radical (unpaired) electrons. The van der Waals surface area contributed by atoms with E-state index in [0.29, 0.717) is 11.3 Å². The van der Waals surface area contributed by atoms with Crippen LogP contribution >= 0.6 is 0 Å². The van der Waals surface area contributed by atoms with Gasteiger partial charge in [-0.05, 0) is 13.0 Å². The predicted octanol–water partition coefficient (Wildman–Crippen LogP) is 1.27. The van der Waals surface area contributed by atoms with Crippen LogP contribution in [-0.4, -0.2) is 27.0 Å². The van der Waals surface area contributed by atoms with Gasteiger partial charge in [-0.3, -0.25) is 0 Å². The van der Waals surface area contributed by atoms with E-state index >= 15 is 0 Å². The third-order valence-corrected chi connectivity index (χ3v) is 3.09. The number of hydrogen-bond donors (Lipinski definition) is 1. The second kappa shape index (κ2) is 5.46. The molecule has 0 fully saturated rings. The summed E-state index contributed by atoms with van der Waals surface area (Å²) in [6.07, 6.45) is 1.12. The quantitative estimate of drug-likeness (QED) is 0.866. The van der Waals surface area contributed by atoms with Crippen LogP contribution in [0.5, 0.6) is 5.75 Å². The second-order valence-electron chi connectivity index (χ2n) is 3.95. The molecule has 0 bridgehead atoms. The molecule has 0 saturated heterocycles. The van der Waals surface area contributed by atoms with E-state index in [1.54, 1.807) is 6.92 Å². The second-order valence-corrected chi connectivity index (χ2v) is 6.21. The number of sulfone groups is 1. The van der Waals surface area contributed by atoms with E-state index in [-0.39, 0.29) is 18.4 Å². The Morgan fingerprint density at radius 1 is 1.47 bits per heavy atom. The van der Waals surface area contributed by atoms with Crippen molar-refractivity contribution in [1.29, 1.82) is 0 Å². The van der Waals surface area contributed by atoms with Gasteiger partial charge in [0.2, 0.25) is 0 Å². The van der Waals surface area contributed by atoms with Crippen LogP contribution in [0, 0.1) is 5.82 Å². The number of benzene rings is 1. The first-order valence-corrected chi connectivity index (χ1v) is 7.21. The molecule has 17 heavy (non-hydrogen) atoms. The van der Waals surface area contributed by atoms with Gasteiger partial charge in [0.15, 0.2) is 9.84 Å². The molecule has 0 heterocycles. The third kappa shape index (κ3) is 4.70. The molecule has 0 spiro atoms. The Hall–Kier alpha value is -1.14. The van der Waals surface area contributed by atoms with E-state index in [4.69, 9.17) is 10.5 Å². The van der Waals surface area contributed by atoms with Crippen molar-refractivity contribution in [3.05, 3.63) is 29.6 Å². The normalized spacial score (nSPS) is 13.4. The van der Waals surface area contributed by atoms with Crippen molar-refractivity contribution < 1.29 is 17.5 Å². The van der Waals surface area contributed by atoms with Gasteiger partial charge in [0.05, 0.1) is 5.75 Å². The van der Waals surface area contributed by atoms with Crippen LogP contribution in [0.3, 0.4) is 0 Å². The van der Waals surface area contributed by atoms with Gasteiger partial charge in [0.25, 0.3) is 0 Å². The molecule has 1 aromatic rings. The van der Waals surface area contributed by atoms with E-state index in [2.05, 4.69) is 0 Å². The summed E-state index contributed by atoms with van der Waals surface area (Å²) in [5.41, 5.74) is 6.35. The van der Waals surface area contributed by atoms with Crippen molar-refractivity contribution in [2.45, 2.75) is 13.0 Å². The standard InChI is InChI=1S/C11H16FNO3S/c1-8(13)10-4-3-9(12)7-11(10)16-5-6-17(2,14)15/h3-4,7-8H,5-6,13H2,1-2H3/t8-/m1/s1. The van der Waals surface area contributed by atoms with E-state index in [0.717, 1.165) is 6.26 Å². The van der Waals surface area contributed by atoms with Gasteiger partial charge in [0.1, 0.15) is 18.2 Å². The molecule has 0 saturated carbocycles. The van der Waals surface area contributed by atoms with Crippen molar-refractivity contribution >= 4 is 9.84 Å². The van der Waals surface area contributed by atoms with Crippen molar-refractivity contribution in [2.75, 3.05) is 18.6 Å². The molecular weight excluding hydrogens is 245 g/mol. The molecule has 0 aliphatic carbocycles. The van der Waals surface area contributed by atoms with Crippen molar-refractivity contribution in [3.63, 3.8) is 0 Å². The fourth-order valence-corrected chi connectivity index (χ4v) is 1.70. The van der Waals surface area contributed by atoms with Gasteiger partial charge in [-0.25, -0.2) is 12.8 Å². The fourth-order valence-electron chi connectivity index (χ4n) is 1.31. The lowest BCUT2D eigenvalue weighted by atomic mass is 10.1.